The molecule has 0 saturated heterocycles. The molecular formula is C24H29N7O3. The van der Waals surface area contributed by atoms with Gasteiger partial charge in [-0.1, -0.05) is 6.07 Å². The normalized spacial score (nSPS) is 12.9. The number of amides is 3. The van der Waals surface area contributed by atoms with Crippen LogP contribution in [0.25, 0.3) is 11.5 Å². The zero-order chi connectivity index (χ0) is 24.2. The van der Waals surface area contributed by atoms with Crippen LogP contribution in [-0.4, -0.2) is 56.8 Å². The highest BCUT2D eigenvalue weighted by atomic mass is 16.5. The van der Waals surface area contributed by atoms with Gasteiger partial charge in [0.25, 0.3) is 5.91 Å². The highest BCUT2D eigenvalue weighted by Gasteiger charge is 2.24. The number of methoxy groups -OCH3 is 1. The van der Waals surface area contributed by atoms with Crippen molar-refractivity contribution in [3.63, 3.8) is 0 Å². The summed E-state index contributed by atoms with van der Waals surface area (Å²) in [5, 5.41) is 13.9. The van der Waals surface area contributed by atoms with Crippen molar-refractivity contribution in [2.75, 3.05) is 25.5 Å². The van der Waals surface area contributed by atoms with Crippen LogP contribution in [0.2, 0.25) is 0 Å². The van der Waals surface area contributed by atoms with Gasteiger partial charge in [-0.05, 0) is 62.6 Å². The molecule has 2 N–H and O–H groups in total. The van der Waals surface area contributed by atoms with E-state index in [9.17, 15) is 9.59 Å². The van der Waals surface area contributed by atoms with E-state index in [-0.39, 0.29) is 18.0 Å². The fourth-order valence-electron chi connectivity index (χ4n) is 3.99. The highest BCUT2D eigenvalue weighted by Crippen LogP contribution is 2.29. The third-order valence-electron chi connectivity index (χ3n) is 5.74. The molecule has 0 atom stereocenters. The number of aromatic nitrogens is 4. The van der Waals surface area contributed by atoms with Gasteiger partial charge in [0.2, 0.25) is 0 Å². The van der Waals surface area contributed by atoms with Crippen LogP contribution in [0.3, 0.4) is 0 Å². The second-order valence-electron chi connectivity index (χ2n) is 8.35. The summed E-state index contributed by atoms with van der Waals surface area (Å²) in [6, 6.07) is 9.11. The van der Waals surface area contributed by atoms with Crippen LogP contribution >= 0.6 is 0 Å². The van der Waals surface area contributed by atoms with Gasteiger partial charge in [0.1, 0.15) is 23.6 Å². The largest absolute Gasteiger partial charge is 0.496 e. The molecule has 3 amide bonds. The molecule has 1 aromatic carbocycles. The van der Waals surface area contributed by atoms with Crippen LogP contribution in [0, 0.1) is 0 Å². The predicted octanol–water partition coefficient (Wildman–Crippen LogP) is 3.27. The third kappa shape index (κ3) is 4.70. The standard InChI is InChI=1S/C24H29N7O3/c1-5-25-24(33)30-10-9-16-12-20(34-4)18(11-17(16)13-30)23(32)28-21-8-6-7-19(27-21)22-29-26-14-31(22)15(2)3/h6-8,11-12,14-15H,5,9-10,13H2,1-4H3,(H,25,33)(H,27,28,32). The molecular weight excluding hydrogens is 434 g/mol. The molecule has 34 heavy (non-hydrogen) atoms. The first-order valence-corrected chi connectivity index (χ1v) is 11.3. The van der Waals surface area contributed by atoms with Crippen molar-refractivity contribution in [1.82, 2.24) is 30.0 Å². The summed E-state index contributed by atoms with van der Waals surface area (Å²) in [7, 11) is 1.54. The molecule has 10 heteroatoms. The Morgan fingerprint density at radius 3 is 2.76 bits per heavy atom. The van der Waals surface area contributed by atoms with Gasteiger partial charge in [-0.25, -0.2) is 9.78 Å². The van der Waals surface area contributed by atoms with Crippen molar-refractivity contribution in [2.24, 2.45) is 0 Å². The van der Waals surface area contributed by atoms with E-state index in [2.05, 4.69) is 25.8 Å². The number of benzene rings is 1. The topological polar surface area (TPSA) is 114 Å². The van der Waals surface area contributed by atoms with Crippen molar-refractivity contribution >= 4 is 17.8 Å². The molecule has 178 valence electrons. The van der Waals surface area contributed by atoms with Crippen LogP contribution in [0.15, 0.2) is 36.7 Å². The Balaban J connectivity index is 1.58. The quantitative estimate of drug-likeness (QED) is 0.580. The van der Waals surface area contributed by atoms with Crippen LogP contribution in [0.5, 0.6) is 5.75 Å². The Morgan fingerprint density at radius 2 is 2.03 bits per heavy atom. The SMILES string of the molecule is CCNC(=O)N1CCc2cc(OC)c(C(=O)Nc3cccc(-c4nncn4C(C)C)n3)cc2C1. The van der Waals surface area contributed by atoms with Crippen LogP contribution < -0.4 is 15.4 Å². The van der Waals surface area contributed by atoms with Gasteiger partial charge in [-0.15, -0.1) is 10.2 Å². The molecule has 10 nitrogen and oxygen atoms in total. The molecule has 0 unspecified atom stereocenters. The molecule has 0 fully saturated rings. The second-order valence-corrected chi connectivity index (χ2v) is 8.35. The average Bonchev–Trinajstić information content (AvgIpc) is 3.33. The number of nitrogens with zero attached hydrogens (tertiary/aromatic N) is 5. The lowest BCUT2D eigenvalue weighted by molar-refractivity contribution is 0.102. The Morgan fingerprint density at radius 1 is 1.21 bits per heavy atom. The van der Waals surface area contributed by atoms with E-state index >= 15 is 0 Å². The first kappa shape index (κ1) is 23.2. The molecule has 2 aromatic heterocycles. The number of ether oxygens (including phenoxy) is 1. The summed E-state index contributed by atoms with van der Waals surface area (Å²) < 4.78 is 7.43. The zero-order valence-corrected chi connectivity index (χ0v) is 19.8. The summed E-state index contributed by atoms with van der Waals surface area (Å²) >= 11 is 0. The number of hydrogen-bond donors (Lipinski definition) is 2. The number of nitrogens with one attached hydrogen (secondary N) is 2. The fourth-order valence-corrected chi connectivity index (χ4v) is 3.99. The monoisotopic (exact) mass is 463 g/mol. The fraction of sp³-hybridized carbons (Fsp3) is 0.375. The zero-order valence-electron chi connectivity index (χ0n) is 19.8. The van der Waals surface area contributed by atoms with E-state index in [1.807, 2.05) is 43.5 Å². The lowest BCUT2D eigenvalue weighted by Gasteiger charge is -2.29. The van der Waals surface area contributed by atoms with Gasteiger partial charge in [-0.2, -0.15) is 0 Å². The Hall–Kier alpha value is -3.95. The Bertz CT molecular complexity index is 1210. The number of pyridine rings is 1. The smallest absolute Gasteiger partial charge is 0.317 e. The molecule has 1 aliphatic rings. The predicted molar refractivity (Wildman–Crippen MR) is 128 cm³/mol. The molecule has 0 aliphatic carbocycles. The van der Waals surface area contributed by atoms with E-state index < -0.39 is 0 Å². The summed E-state index contributed by atoms with van der Waals surface area (Å²) in [5.41, 5.74) is 2.99. The van der Waals surface area contributed by atoms with Crippen molar-refractivity contribution < 1.29 is 14.3 Å². The van der Waals surface area contributed by atoms with Gasteiger partial charge < -0.3 is 24.8 Å². The highest BCUT2D eigenvalue weighted by molar-refractivity contribution is 6.06. The number of fused-ring (bicyclic) bond motifs is 1. The van der Waals surface area contributed by atoms with E-state index in [1.165, 1.54) is 0 Å². The van der Waals surface area contributed by atoms with E-state index in [0.29, 0.717) is 54.7 Å². The third-order valence-corrected chi connectivity index (χ3v) is 5.74. The maximum absolute atomic E-state index is 13.2. The molecule has 0 bridgehead atoms. The first-order chi connectivity index (χ1) is 16.4. The first-order valence-electron chi connectivity index (χ1n) is 11.3. The number of hydrogen-bond acceptors (Lipinski definition) is 6. The minimum Gasteiger partial charge on any atom is -0.496 e. The van der Waals surface area contributed by atoms with Crippen molar-refractivity contribution in [3.05, 3.63) is 53.3 Å². The van der Waals surface area contributed by atoms with Crippen LogP contribution in [-0.2, 0) is 13.0 Å². The minimum atomic E-state index is -0.343. The molecule has 4 rings (SSSR count). The summed E-state index contributed by atoms with van der Waals surface area (Å²) in [6.07, 6.45) is 2.36. The number of urea groups is 1. The maximum atomic E-state index is 13.2. The molecule has 0 spiro atoms. The van der Waals surface area contributed by atoms with Gasteiger partial charge in [0, 0.05) is 25.7 Å². The van der Waals surface area contributed by atoms with Gasteiger partial charge in [0.15, 0.2) is 5.82 Å². The number of carbonyl (C=O) groups excluding carboxylic acids is 2. The van der Waals surface area contributed by atoms with E-state index in [4.69, 9.17) is 4.74 Å². The average molecular weight is 464 g/mol. The maximum Gasteiger partial charge on any atom is 0.317 e. The van der Waals surface area contributed by atoms with E-state index in [0.717, 1.165) is 11.1 Å². The summed E-state index contributed by atoms with van der Waals surface area (Å²) in [6.45, 7) is 7.58. The van der Waals surface area contributed by atoms with Crippen LogP contribution in [0.1, 0.15) is 48.3 Å². The Kier molecular flexibility index (Phi) is 6.76. The molecule has 3 heterocycles. The van der Waals surface area contributed by atoms with Gasteiger partial charge in [-0.3, -0.25) is 4.79 Å². The molecule has 3 aromatic rings. The van der Waals surface area contributed by atoms with Crippen LogP contribution in [0.4, 0.5) is 10.6 Å². The summed E-state index contributed by atoms with van der Waals surface area (Å²) in [4.78, 5) is 31.8. The summed E-state index contributed by atoms with van der Waals surface area (Å²) in [5.74, 6) is 1.16. The molecule has 1 aliphatic heterocycles. The second kappa shape index (κ2) is 9.90. The van der Waals surface area contributed by atoms with Crippen molar-refractivity contribution in [2.45, 2.75) is 39.8 Å². The number of rotatable bonds is 6. The van der Waals surface area contributed by atoms with Crippen molar-refractivity contribution in [1.29, 1.82) is 0 Å². The lowest BCUT2D eigenvalue weighted by Crippen LogP contribution is -2.42. The number of anilines is 1. The molecule has 0 saturated carbocycles. The minimum absolute atomic E-state index is 0.106. The lowest BCUT2D eigenvalue weighted by atomic mass is 9.96. The number of carbonyl (C=O) groups is 2. The Labute approximate surface area is 198 Å². The van der Waals surface area contributed by atoms with Gasteiger partial charge in [0.05, 0.1) is 12.7 Å². The van der Waals surface area contributed by atoms with Gasteiger partial charge >= 0.3 is 6.03 Å². The van der Waals surface area contributed by atoms with E-state index in [1.54, 1.807) is 30.5 Å². The molecule has 0 radical (unpaired) electrons. The van der Waals surface area contributed by atoms with Crippen molar-refractivity contribution in [3.8, 4) is 17.3 Å².